The predicted molar refractivity (Wildman–Crippen MR) is 52.3 cm³/mol. The Bertz CT molecular complexity index is 553. The fourth-order valence-electron chi connectivity index (χ4n) is 1.69. The van der Waals surface area contributed by atoms with Gasteiger partial charge in [-0.1, -0.05) is 0 Å². The Morgan fingerprint density at radius 3 is 2.73 bits per heavy atom. The minimum absolute atomic E-state index is 0.0207. The minimum Gasteiger partial charge on any atom is -0.463 e. The molecule has 0 atom stereocenters. The van der Waals surface area contributed by atoms with Crippen LogP contribution in [-0.2, 0) is 0 Å². The highest BCUT2D eigenvalue weighted by Gasteiger charge is 2.18. The maximum atomic E-state index is 11.3. The second-order valence-electron chi connectivity index (χ2n) is 3.41. The number of fused-ring (bicyclic) bond motifs is 2. The number of furan rings is 1. The second-order valence-corrected chi connectivity index (χ2v) is 3.41. The molecule has 0 bridgehead atoms. The van der Waals surface area contributed by atoms with Crippen molar-refractivity contribution < 1.29 is 18.7 Å². The number of ether oxygens (including phenoxy) is 2. The average molecular weight is 204 g/mol. The zero-order chi connectivity index (χ0) is 10.4. The first-order valence-corrected chi connectivity index (χ1v) is 4.57. The minimum atomic E-state index is -0.0207. The Hall–Kier alpha value is -1.97. The zero-order valence-corrected chi connectivity index (χ0v) is 8.07. The summed E-state index contributed by atoms with van der Waals surface area (Å²) in [5, 5.41) is 0.770. The molecule has 1 aromatic carbocycles. The Morgan fingerprint density at radius 2 is 2.00 bits per heavy atom. The van der Waals surface area contributed by atoms with Crippen LogP contribution in [0.2, 0.25) is 0 Å². The van der Waals surface area contributed by atoms with Crippen molar-refractivity contribution >= 4 is 16.8 Å². The van der Waals surface area contributed by atoms with Crippen LogP contribution in [0.5, 0.6) is 11.5 Å². The van der Waals surface area contributed by atoms with Crippen LogP contribution in [0.1, 0.15) is 17.3 Å². The van der Waals surface area contributed by atoms with Crippen molar-refractivity contribution in [2.24, 2.45) is 0 Å². The molecule has 76 valence electrons. The van der Waals surface area contributed by atoms with Gasteiger partial charge in [0, 0.05) is 11.5 Å². The van der Waals surface area contributed by atoms with Crippen LogP contribution in [0.25, 0.3) is 11.0 Å². The lowest BCUT2D eigenvalue weighted by Gasteiger charge is -1.95. The number of hydrogen-bond acceptors (Lipinski definition) is 4. The first-order chi connectivity index (χ1) is 7.25. The molecule has 15 heavy (non-hydrogen) atoms. The van der Waals surface area contributed by atoms with Gasteiger partial charge in [-0.05, 0) is 13.0 Å². The van der Waals surface area contributed by atoms with E-state index in [1.807, 2.05) is 0 Å². The van der Waals surface area contributed by atoms with E-state index < -0.39 is 0 Å². The van der Waals surface area contributed by atoms with E-state index in [-0.39, 0.29) is 12.6 Å². The Morgan fingerprint density at radius 1 is 1.27 bits per heavy atom. The van der Waals surface area contributed by atoms with Crippen molar-refractivity contribution in [3.05, 3.63) is 24.0 Å². The highest BCUT2D eigenvalue weighted by Crippen LogP contribution is 2.37. The number of benzene rings is 1. The number of hydrogen-bond donors (Lipinski definition) is 0. The summed E-state index contributed by atoms with van der Waals surface area (Å²) < 4.78 is 15.7. The molecule has 2 heterocycles. The first kappa shape index (κ1) is 8.35. The standard InChI is InChI=1S/C11H8O4/c1-6(12)8-4-13-9-3-11-10(2-7(8)9)14-5-15-11/h2-4H,5H2,1H3. The van der Waals surface area contributed by atoms with Crippen molar-refractivity contribution in [1.82, 2.24) is 0 Å². The lowest BCUT2D eigenvalue weighted by atomic mass is 10.1. The third kappa shape index (κ3) is 1.11. The van der Waals surface area contributed by atoms with E-state index >= 15 is 0 Å². The number of rotatable bonds is 1. The van der Waals surface area contributed by atoms with Gasteiger partial charge in [-0.15, -0.1) is 0 Å². The largest absolute Gasteiger partial charge is 0.463 e. The maximum Gasteiger partial charge on any atom is 0.231 e. The molecule has 2 aromatic rings. The summed E-state index contributed by atoms with van der Waals surface area (Å²) in [6.07, 6.45) is 1.46. The van der Waals surface area contributed by atoms with Crippen LogP contribution in [0.4, 0.5) is 0 Å². The molecule has 4 heteroatoms. The summed E-state index contributed by atoms with van der Waals surface area (Å²) >= 11 is 0. The lowest BCUT2D eigenvalue weighted by molar-refractivity contribution is 0.101. The number of ketones is 1. The van der Waals surface area contributed by atoms with E-state index in [0.29, 0.717) is 22.6 Å². The SMILES string of the molecule is CC(=O)c1coc2cc3c(cc12)OCO3. The summed E-state index contributed by atoms with van der Waals surface area (Å²) in [4.78, 5) is 11.3. The Labute approximate surface area is 85.4 Å². The van der Waals surface area contributed by atoms with Crippen molar-refractivity contribution in [2.45, 2.75) is 6.92 Å². The molecular weight excluding hydrogens is 196 g/mol. The number of carbonyl (C=O) groups excluding carboxylic acids is 1. The second kappa shape index (κ2) is 2.76. The Balaban J connectivity index is 2.31. The van der Waals surface area contributed by atoms with Crippen molar-refractivity contribution in [3.63, 3.8) is 0 Å². The molecule has 0 unspecified atom stereocenters. The fraction of sp³-hybridized carbons (Fsp3) is 0.182. The van der Waals surface area contributed by atoms with Gasteiger partial charge >= 0.3 is 0 Å². The molecule has 3 rings (SSSR count). The van der Waals surface area contributed by atoms with Gasteiger partial charge in [0.15, 0.2) is 17.3 Å². The van der Waals surface area contributed by atoms with E-state index in [1.165, 1.54) is 13.2 Å². The molecule has 0 amide bonds. The van der Waals surface area contributed by atoms with Gasteiger partial charge in [-0.25, -0.2) is 0 Å². The monoisotopic (exact) mass is 204 g/mol. The van der Waals surface area contributed by atoms with Crippen LogP contribution in [-0.4, -0.2) is 12.6 Å². The molecule has 0 radical (unpaired) electrons. The number of Topliss-reactive ketones (excluding diaryl/α,β-unsaturated/α-hetero) is 1. The normalized spacial score (nSPS) is 13.4. The third-order valence-corrected chi connectivity index (χ3v) is 2.45. The van der Waals surface area contributed by atoms with Gasteiger partial charge in [0.05, 0.1) is 5.56 Å². The molecule has 4 nitrogen and oxygen atoms in total. The van der Waals surface area contributed by atoms with Gasteiger partial charge in [0.25, 0.3) is 0 Å². The van der Waals surface area contributed by atoms with Gasteiger partial charge in [-0.2, -0.15) is 0 Å². The van der Waals surface area contributed by atoms with Crippen LogP contribution in [0, 0.1) is 0 Å². The molecule has 0 saturated carbocycles. The highest BCUT2D eigenvalue weighted by molar-refractivity contribution is 6.06. The highest BCUT2D eigenvalue weighted by atomic mass is 16.7. The van der Waals surface area contributed by atoms with Gasteiger partial charge in [0.2, 0.25) is 6.79 Å². The lowest BCUT2D eigenvalue weighted by Crippen LogP contribution is -1.93. The van der Waals surface area contributed by atoms with Crippen molar-refractivity contribution in [2.75, 3.05) is 6.79 Å². The van der Waals surface area contributed by atoms with E-state index in [0.717, 1.165) is 5.39 Å². The molecular formula is C11H8O4. The Kier molecular flexibility index (Phi) is 1.54. The summed E-state index contributed by atoms with van der Waals surface area (Å²) in [5.74, 6) is 1.30. The van der Waals surface area contributed by atoms with Gasteiger partial charge in [-0.3, -0.25) is 4.79 Å². The van der Waals surface area contributed by atoms with Crippen LogP contribution < -0.4 is 9.47 Å². The third-order valence-electron chi connectivity index (χ3n) is 2.45. The summed E-state index contributed by atoms with van der Waals surface area (Å²) in [7, 11) is 0. The quantitative estimate of drug-likeness (QED) is 0.669. The van der Waals surface area contributed by atoms with E-state index in [2.05, 4.69) is 0 Å². The summed E-state index contributed by atoms with van der Waals surface area (Å²) in [6, 6.07) is 3.52. The maximum absolute atomic E-state index is 11.3. The van der Waals surface area contributed by atoms with Gasteiger partial charge < -0.3 is 13.9 Å². The summed E-state index contributed by atoms with van der Waals surface area (Å²) in [6.45, 7) is 1.73. The van der Waals surface area contributed by atoms with Crippen LogP contribution >= 0.6 is 0 Å². The molecule has 0 saturated heterocycles. The van der Waals surface area contributed by atoms with E-state index in [9.17, 15) is 4.79 Å². The van der Waals surface area contributed by atoms with E-state index in [1.54, 1.807) is 12.1 Å². The molecule has 1 aliphatic heterocycles. The topological polar surface area (TPSA) is 48.7 Å². The fourth-order valence-corrected chi connectivity index (χ4v) is 1.69. The van der Waals surface area contributed by atoms with Gasteiger partial charge in [0.1, 0.15) is 11.8 Å². The average Bonchev–Trinajstić information content (AvgIpc) is 2.77. The molecule has 1 aromatic heterocycles. The van der Waals surface area contributed by atoms with Crippen molar-refractivity contribution in [3.8, 4) is 11.5 Å². The first-order valence-electron chi connectivity index (χ1n) is 4.57. The molecule has 1 aliphatic rings. The molecule has 0 N–H and O–H groups in total. The van der Waals surface area contributed by atoms with Crippen molar-refractivity contribution in [1.29, 1.82) is 0 Å². The molecule has 0 aliphatic carbocycles. The van der Waals surface area contributed by atoms with Crippen LogP contribution in [0.15, 0.2) is 22.8 Å². The molecule has 0 spiro atoms. The van der Waals surface area contributed by atoms with Crippen LogP contribution in [0.3, 0.4) is 0 Å². The number of carbonyl (C=O) groups is 1. The predicted octanol–water partition coefficient (Wildman–Crippen LogP) is 2.36. The summed E-state index contributed by atoms with van der Waals surface area (Å²) in [5.41, 5.74) is 1.22. The van der Waals surface area contributed by atoms with E-state index in [4.69, 9.17) is 13.9 Å². The smallest absolute Gasteiger partial charge is 0.231 e. The molecule has 0 fully saturated rings. The zero-order valence-electron chi connectivity index (χ0n) is 8.07.